The van der Waals surface area contributed by atoms with Gasteiger partial charge in [-0.3, -0.25) is 0 Å². The van der Waals surface area contributed by atoms with Crippen molar-refractivity contribution >= 4 is 66.4 Å². The van der Waals surface area contributed by atoms with Gasteiger partial charge < -0.3 is 23.7 Å². The summed E-state index contributed by atoms with van der Waals surface area (Å²) in [5.74, 6) is 1.94. The Morgan fingerprint density at radius 2 is 1.05 bits per heavy atom. The Hall–Kier alpha value is -9.74. The molecule has 0 bridgehead atoms. The quantitative estimate of drug-likeness (QED) is 0.142. The first-order valence-corrected chi connectivity index (χ1v) is 27.2. The van der Waals surface area contributed by atoms with Gasteiger partial charge in [0.2, 0.25) is 0 Å². The second-order valence-corrected chi connectivity index (χ2v) is 20.9. The second kappa shape index (κ2) is 19.3. The number of anilines is 4. The van der Waals surface area contributed by atoms with Crippen LogP contribution in [0.2, 0.25) is 0 Å². The maximum Gasteiger partial charge on any atom is 0.135 e. The number of hydrogen-bond donors (Lipinski definition) is 0. The number of aromatic nitrogens is 3. The zero-order valence-corrected chi connectivity index (χ0v) is 46.5. The van der Waals surface area contributed by atoms with Gasteiger partial charge in [0.1, 0.15) is 5.82 Å². The summed E-state index contributed by atoms with van der Waals surface area (Å²) in [6.45, 7) is 6.48. The molecule has 0 fully saturated rings. The Balaban J connectivity index is 0.00000564. The standard InChI is InChI=1S/C74H48N5O.Pt/c1-47-34-36-51(37-35-47)63-45-75-70(42-48(63)2)78-67-40-41-68-71(59-26-10-9-24-57(59)60-29-17-30-61-58-25-11-12-31-64(58)79(68)74(60)61)72(67)62-39-38-54(44-69(62)78)80-53-23-15-22-52(43-53)76-46-77(66-33-14-13-32-65(66)76)73-55(49-18-5-3-6-19-49)27-16-28-56(73)50-20-7-4-8-21-50;/h3-42,45-46H,1-2H3;/q-3;. The Labute approximate surface area is 484 Å². The van der Waals surface area contributed by atoms with Crippen molar-refractivity contribution in [2.75, 3.05) is 9.80 Å². The van der Waals surface area contributed by atoms with Gasteiger partial charge in [0.15, 0.2) is 0 Å². The molecule has 16 rings (SSSR count). The molecule has 0 amide bonds. The second-order valence-electron chi connectivity index (χ2n) is 20.9. The van der Waals surface area contributed by atoms with Crippen LogP contribution in [0.3, 0.4) is 0 Å². The molecule has 3 aromatic heterocycles. The Morgan fingerprint density at radius 3 is 1.81 bits per heavy atom. The summed E-state index contributed by atoms with van der Waals surface area (Å²) in [4.78, 5) is 9.82. The largest absolute Gasteiger partial charge is 0.509 e. The average Bonchev–Trinajstić information content (AvgIpc) is 4.27. The van der Waals surface area contributed by atoms with Crippen molar-refractivity contribution in [1.29, 1.82) is 0 Å². The average molecular weight is 1220 g/mol. The van der Waals surface area contributed by atoms with Gasteiger partial charge in [-0.1, -0.05) is 187 Å². The van der Waals surface area contributed by atoms with E-state index in [0.717, 1.165) is 101 Å². The Kier molecular flexibility index (Phi) is 11.5. The maximum absolute atomic E-state index is 6.94. The molecule has 0 N–H and O–H groups in total. The zero-order valence-electron chi connectivity index (χ0n) is 44.2. The Morgan fingerprint density at radius 1 is 0.432 bits per heavy atom. The number of ether oxygens (including phenoxy) is 1. The van der Waals surface area contributed by atoms with E-state index in [4.69, 9.17) is 9.72 Å². The van der Waals surface area contributed by atoms with Crippen LogP contribution in [0, 0.1) is 32.6 Å². The van der Waals surface area contributed by atoms with Gasteiger partial charge in [-0.25, -0.2) is 4.98 Å². The van der Waals surface area contributed by atoms with Crippen LogP contribution in [-0.2, 0) is 21.1 Å². The topological polar surface area (TPSA) is 38.5 Å². The van der Waals surface area contributed by atoms with Crippen LogP contribution in [-0.4, -0.2) is 14.1 Å². The van der Waals surface area contributed by atoms with Crippen molar-refractivity contribution in [2.24, 2.45) is 0 Å². The van der Waals surface area contributed by atoms with Crippen molar-refractivity contribution in [1.82, 2.24) is 14.1 Å². The number of rotatable bonds is 8. The molecular formula is C74H48N5OPt-3. The van der Waals surface area contributed by atoms with Crippen molar-refractivity contribution in [3.05, 3.63) is 279 Å². The molecule has 2 aliphatic heterocycles. The molecule has 0 atom stereocenters. The van der Waals surface area contributed by atoms with Crippen molar-refractivity contribution in [3.8, 4) is 78.6 Å². The number of benzene rings is 11. The SMILES string of the molecule is Cc1ccc(-c2cnc(-n3c4[c-]c(Oc5[c-]c(N6[CH-]N(c7c(-c8ccccc8)cccc7-c7ccccc7)c7ccccc76)ccc5)ccc4c4c5c(ccc43)-n3c4ccccc4c4cccc(c43)-c3ccccc3-5)cc2C)cc1.[Pt]. The number of nitrogens with zero attached hydrogens (tertiary/aromatic N) is 5. The smallest absolute Gasteiger partial charge is 0.135 e. The molecule has 0 saturated heterocycles. The summed E-state index contributed by atoms with van der Waals surface area (Å²) in [5, 5.41) is 4.64. The molecule has 11 aromatic carbocycles. The van der Waals surface area contributed by atoms with Gasteiger partial charge >= 0.3 is 0 Å². The van der Waals surface area contributed by atoms with Crippen LogP contribution in [0.1, 0.15) is 11.1 Å². The summed E-state index contributed by atoms with van der Waals surface area (Å²) in [6.07, 6.45) is 2.02. The van der Waals surface area contributed by atoms with Gasteiger partial charge in [0.05, 0.1) is 16.7 Å². The van der Waals surface area contributed by atoms with E-state index in [2.05, 4.69) is 282 Å². The Bertz CT molecular complexity index is 4750. The minimum atomic E-state index is 0. The van der Waals surface area contributed by atoms with E-state index in [9.17, 15) is 0 Å². The van der Waals surface area contributed by atoms with Crippen LogP contribution in [0.5, 0.6) is 11.5 Å². The number of aryl methyl sites for hydroxylation is 2. The predicted molar refractivity (Wildman–Crippen MR) is 329 cm³/mol. The summed E-state index contributed by atoms with van der Waals surface area (Å²) >= 11 is 0. The van der Waals surface area contributed by atoms with Gasteiger partial charge in [-0.2, -0.15) is 12.1 Å². The first kappa shape index (κ1) is 48.4. The summed E-state index contributed by atoms with van der Waals surface area (Å²) in [5.41, 5.74) is 23.3. The van der Waals surface area contributed by atoms with E-state index in [1.165, 1.54) is 44.1 Å². The van der Waals surface area contributed by atoms with E-state index in [0.29, 0.717) is 11.5 Å². The van der Waals surface area contributed by atoms with E-state index in [-0.39, 0.29) is 21.1 Å². The summed E-state index contributed by atoms with van der Waals surface area (Å²) in [6, 6.07) is 94.2. The third kappa shape index (κ3) is 7.69. The van der Waals surface area contributed by atoms with Crippen molar-refractivity contribution in [2.45, 2.75) is 13.8 Å². The molecule has 5 heterocycles. The monoisotopic (exact) mass is 1220 g/mol. The van der Waals surface area contributed by atoms with Crippen LogP contribution in [0.15, 0.2) is 249 Å². The molecule has 6 nitrogen and oxygen atoms in total. The minimum Gasteiger partial charge on any atom is -0.509 e. The van der Waals surface area contributed by atoms with E-state index < -0.39 is 0 Å². The van der Waals surface area contributed by atoms with E-state index in [1.54, 1.807) is 0 Å². The number of hydrogen-bond acceptors (Lipinski definition) is 4. The zero-order chi connectivity index (χ0) is 53.0. The normalized spacial score (nSPS) is 12.4. The van der Waals surface area contributed by atoms with E-state index in [1.807, 2.05) is 18.3 Å². The summed E-state index contributed by atoms with van der Waals surface area (Å²) in [7, 11) is 0. The first-order valence-electron chi connectivity index (χ1n) is 27.2. The predicted octanol–water partition coefficient (Wildman–Crippen LogP) is 19.3. The molecule has 388 valence electrons. The molecule has 0 radical (unpaired) electrons. The fraction of sp³-hybridized carbons (Fsp3) is 0.0270. The van der Waals surface area contributed by atoms with Gasteiger partial charge in [0, 0.05) is 99.9 Å². The molecule has 0 saturated carbocycles. The molecule has 81 heavy (non-hydrogen) atoms. The van der Waals surface area contributed by atoms with Crippen LogP contribution in [0.4, 0.5) is 22.7 Å². The summed E-state index contributed by atoms with van der Waals surface area (Å²) < 4.78 is 11.7. The van der Waals surface area contributed by atoms with Gasteiger partial charge in [-0.15, -0.1) is 48.1 Å². The fourth-order valence-electron chi connectivity index (χ4n) is 12.6. The molecule has 0 unspecified atom stereocenters. The van der Waals surface area contributed by atoms with E-state index >= 15 is 0 Å². The van der Waals surface area contributed by atoms with Crippen LogP contribution in [0.25, 0.3) is 111 Å². The maximum atomic E-state index is 6.94. The molecule has 0 aliphatic carbocycles. The first-order chi connectivity index (χ1) is 39.5. The number of pyridine rings is 1. The molecule has 7 heteroatoms. The van der Waals surface area contributed by atoms with Crippen LogP contribution < -0.4 is 14.5 Å². The van der Waals surface area contributed by atoms with Crippen molar-refractivity contribution < 1.29 is 25.8 Å². The minimum absolute atomic E-state index is 0. The third-order valence-electron chi connectivity index (χ3n) is 16.2. The fourth-order valence-corrected chi connectivity index (χ4v) is 12.6. The molecule has 2 aliphatic rings. The van der Waals surface area contributed by atoms with Gasteiger partial charge in [0.25, 0.3) is 0 Å². The van der Waals surface area contributed by atoms with Crippen LogP contribution >= 0.6 is 0 Å². The van der Waals surface area contributed by atoms with Crippen molar-refractivity contribution in [3.63, 3.8) is 0 Å². The number of para-hydroxylation sites is 5. The van der Waals surface area contributed by atoms with Gasteiger partial charge in [-0.05, 0) is 89.0 Å². The molecular weight excluding hydrogens is 1170 g/mol. The molecule has 0 spiro atoms. The molecule has 14 aromatic rings. The number of fused-ring (bicyclic) bond motifs is 13. The third-order valence-corrected chi connectivity index (χ3v) is 16.2.